The minimum atomic E-state index is -0.248. The molecule has 0 saturated heterocycles. The summed E-state index contributed by atoms with van der Waals surface area (Å²) < 4.78 is 2.46. The van der Waals surface area contributed by atoms with E-state index in [0.29, 0.717) is 21.8 Å². The fourth-order valence-corrected chi connectivity index (χ4v) is 2.53. The Morgan fingerprint density at radius 3 is 1.54 bits per heavy atom. The SMILES string of the molecule is O=c1c2ccccc2nnn1CCn1nnc2ccccc2c1=O. The zero-order valence-electron chi connectivity index (χ0n) is 12.5. The van der Waals surface area contributed by atoms with Crippen molar-refractivity contribution in [3.8, 4) is 0 Å². The molecule has 0 saturated carbocycles. The highest BCUT2D eigenvalue weighted by molar-refractivity contribution is 5.77. The van der Waals surface area contributed by atoms with Crippen molar-refractivity contribution in [3.05, 3.63) is 69.2 Å². The molecule has 0 unspecified atom stereocenters. The predicted octanol–water partition coefficient (Wildman–Crippen LogP) is 0.597. The van der Waals surface area contributed by atoms with Gasteiger partial charge >= 0.3 is 0 Å². The van der Waals surface area contributed by atoms with Gasteiger partial charge < -0.3 is 0 Å². The summed E-state index contributed by atoms with van der Waals surface area (Å²) >= 11 is 0. The highest BCUT2D eigenvalue weighted by atomic mass is 16.1. The van der Waals surface area contributed by atoms with Gasteiger partial charge in [-0.2, -0.15) is 0 Å². The smallest absolute Gasteiger partial charge is 0.267 e. The number of benzene rings is 2. The zero-order valence-corrected chi connectivity index (χ0v) is 12.5. The number of aryl methyl sites for hydroxylation is 2. The minimum Gasteiger partial charge on any atom is -0.267 e. The number of hydrogen-bond acceptors (Lipinski definition) is 6. The molecule has 0 spiro atoms. The Morgan fingerprint density at radius 2 is 1.08 bits per heavy atom. The minimum absolute atomic E-state index is 0.184. The van der Waals surface area contributed by atoms with Crippen LogP contribution in [0.15, 0.2) is 58.1 Å². The lowest BCUT2D eigenvalue weighted by Gasteiger charge is -2.06. The van der Waals surface area contributed by atoms with Gasteiger partial charge in [0.05, 0.1) is 23.9 Å². The molecule has 0 bridgehead atoms. The molecular weight excluding hydrogens is 308 g/mol. The molecule has 0 aliphatic heterocycles. The van der Waals surface area contributed by atoms with Crippen LogP contribution in [0.4, 0.5) is 0 Å². The van der Waals surface area contributed by atoms with Gasteiger partial charge in [-0.3, -0.25) is 9.59 Å². The lowest BCUT2D eigenvalue weighted by molar-refractivity contribution is 0.446. The van der Waals surface area contributed by atoms with Gasteiger partial charge in [0.25, 0.3) is 11.1 Å². The Kier molecular flexibility index (Phi) is 3.34. The first-order valence-electron chi connectivity index (χ1n) is 7.39. The van der Waals surface area contributed by atoms with Gasteiger partial charge in [0.1, 0.15) is 11.0 Å². The molecule has 0 N–H and O–H groups in total. The van der Waals surface area contributed by atoms with Crippen molar-refractivity contribution in [1.82, 2.24) is 30.0 Å². The van der Waals surface area contributed by atoms with Crippen molar-refractivity contribution in [2.24, 2.45) is 0 Å². The Morgan fingerprint density at radius 1 is 0.667 bits per heavy atom. The largest absolute Gasteiger partial charge is 0.277 e. The average molecular weight is 320 g/mol. The van der Waals surface area contributed by atoms with Crippen LogP contribution in [0.1, 0.15) is 0 Å². The summed E-state index contributed by atoms with van der Waals surface area (Å²) in [6.07, 6.45) is 0. The molecule has 8 nitrogen and oxygen atoms in total. The molecule has 0 atom stereocenters. The summed E-state index contributed by atoms with van der Waals surface area (Å²) in [5, 5.41) is 16.8. The van der Waals surface area contributed by atoms with Gasteiger partial charge in [-0.25, -0.2) is 9.36 Å². The first-order valence-corrected chi connectivity index (χ1v) is 7.39. The Balaban J connectivity index is 1.68. The second kappa shape index (κ2) is 5.65. The van der Waals surface area contributed by atoms with E-state index in [9.17, 15) is 9.59 Å². The molecule has 4 aromatic rings. The topological polar surface area (TPSA) is 95.6 Å². The van der Waals surface area contributed by atoms with Gasteiger partial charge in [-0.1, -0.05) is 34.7 Å². The monoisotopic (exact) mass is 320 g/mol. The number of hydrogen-bond donors (Lipinski definition) is 0. The number of nitrogens with zero attached hydrogens (tertiary/aromatic N) is 6. The summed E-state index contributed by atoms with van der Waals surface area (Å²) in [4.78, 5) is 24.8. The van der Waals surface area contributed by atoms with Crippen molar-refractivity contribution >= 4 is 21.8 Å². The van der Waals surface area contributed by atoms with Crippen LogP contribution in [0.2, 0.25) is 0 Å². The van der Waals surface area contributed by atoms with Crippen LogP contribution in [0.3, 0.4) is 0 Å². The van der Waals surface area contributed by atoms with Gasteiger partial charge in [0.15, 0.2) is 0 Å². The van der Waals surface area contributed by atoms with Crippen LogP contribution in [0.25, 0.3) is 21.8 Å². The normalized spacial score (nSPS) is 11.2. The highest BCUT2D eigenvalue weighted by Crippen LogP contribution is 2.04. The third kappa shape index (κ3) is 2.34. The summed E-state index contributed by atoms with van der Waals surface area (Å²) in [6, 6.07) is 14.0. The molecular formula is C16H12N6O2. The molecule has 4 rings (SSSR count). The second-order valence-electron chi connectivity index (χ2n) is 5.27. The third-order valence-corrected chi connectivity index (χ3v) is 3.78. The van der Waals surface area contributed by atoms with E-state index in [0.717, 1.165) is 0 Å². The third-order valence-electron chi connectivity index (χ3n) is 3.78. The molecule has 2 aromatic carbocycles. The van der Waals surface area contributed by atoms with Gasteiger partial charge in [0, 0.05) is 0 Å². The zero-order chi connectivity index (χ0) is 16.5. The summed E-state index contributed by atoms with van der Waals surface area (Å²) in [5.41, 5.74) is 0.590. The maximum atomic E-state index is 12.4. The van der Waals surface area contributed by atoms with Crippen molar-refractivity contribution in [3.63, 3.8) is 0 Å². The summed E-state index contributed by atoms with van der Waals surface area (Å²) in [7, 11) is 0. The van der Waals surface area contributed by atoms with Gasteiger partial charge in [0.2, 0.25) is 0 Å². The maximum Gasteiger partial charge on any atom is 0.277 e. The fourth-order valence-electron chi connectivity index (χ4n) is 2.53. The molecule has 24 heavy (non-hydrogen) atoms. The second-order valence-corrected chi connectivity index (χ2v) is 5.27. The van der Waals surface area contributed by atoms with E-state index in [1.165, 1.54) is 9.36 Å². The first kappa shape index (κ1) is 14.2. The van der Waals surface area contributed by atoms with Gasteiger partial charge in [-0.15, -0.1) is 10.2 Å². The predicted molar refractivity (Wildman–Crippen MR) is 87.6 cm³/mol. The fraction of sp³-hybridized carbons (Fsp3) is 0.125. The summed E-state index contributed by atoms with van der Waals surface area (Å²) in [5.74, 6) is 0. The number of aromatic nitrogens is 6. The highest BCUT2D eigenvalue weighted by Gasteiger charge is 2.08. The Hall–Kier alpha value is -3.42. The maximum absolute atomic E-state index is 12.4. The quantitative estimate of drug-likeness (QED) is 0.548. The van der Waals surface area contributed by atoms with E-state index in [-0.39, 0.29) is 24.2 Å². The lowest BCUT2D eigenvalue weighted by Crippen LogP contribution is -2.31. The molecule has 0 aliphatic carbocycles. The van der Waals surface area contributed by atoms with Crippen molar-refractivity contribution in [2.45, 2.75) is 13.1 Å². The van der Waals surface area contributed by atoms with Crippen molar-refractivity contribution in [1.29, 1.82) is 0 Å². The van der Waals surface area contributed by atoms with Crippen molar-refractivity contribution < 1.29 is 0 Å². The van der Waals surface area contributed by atoms with E-state index in [2.05, 4.69) is 20.6 Å². The van der Waals surface area contributed by atoms with E-state index in [1.807, 2.05) is 0 Å². The van der Waals surface area contributed by atoms with Crippen LogP contribution < -0.4 is 11.1 Å². The van der Waals surface area contributed by atoms with Crippen LogP contribution in [0.5, 0.6) is 0 Å². The molecule has 0 aliphatic rings. The van der Waals surface area contributed by atoms with E-state index < -0.39 is 0 Å². The number of fused-ring (bicyclic) bond motifs is 2. The van der Waals surface area contributed by atoms with Gasteiger partial charge in [-0.05, 0) is 24.3 Å². The van der Waals surface area contributed by atoms with Crippen LogP contribution >= 0.6 is 0 Å². The standard InChI is InChI=1S/C16H12N6O2/c23-15-11-5-1-3-7-13(11)17-19-21(15)9-10-22-16(24)12-6-2-4-8-14(12)18-20-22/h1-8H,9-10H2. The molecule has 8 heteroatoms. The van der Waals surface area contributed by atoms with E-state index >= 15 is 0 Å². The molecule has 2 heterocycles. The Labute approximate surface area is 135 Å². The molecule has 0 fully saturated rings. The number of rotatable bonds is 3. The Bertz CT molecular complexity index is 1070. The average Bonchev–Trinajstić information content (AvgIpc) is 2.63. The van der Waals surface area contributed by atoms with Crippen LogP contribution in [0, 0.1) is 0 Å². The molecule has 0 amide bonds. The molecule has 118 valence electrons. The van der Waals surface area contributed by atoms with Crippen LogP contribution in [-0.2, 0) is 13.1 Å². The van der Waals surface area contributed by atoms with E-state index in [1.54, 1.807) is 48.5 Å². The van der Waals surface area contributed by atoms with Crippen molar-refractivity contribution in [2.75, 3.05) is 0 Å². The summed E-state index contributed by atoms with van der Waals surface area (Å²) in [6.45, 7) is 0.368. The first-order chi connectivity index (χ1) is 11.7. The molecule has 0 radical (unpaired) electrons. The molecule has 2 aromatic heterocycles. The van der Waals surface area contributed by atoms with Crippen LogP contribution in [-0.4, -0.2) is 30.0 Å². The lowest BCUT2D eigenvalue weighted by atomic mass is 10.2. The van der Waals surface area contributed by atoms with E-state index in [4.69, 9.17) is 0 Å².